The van der Waals surface area contributed by atoms with Crippen molar-refractivity contribution in [3.8, 4) is 33.8 Å². The third-order valence-corrected chi connectivity index (χ3v) is 19.3. The topological polar surface area (TPSA) is 236 Å². The van der Waals surface area contributed by atoms with E-state index < -0.39 is 13.1 Å². The van der Waals surface area contributed by atoms with E-state index >= 15 is 0 Å². The fraction of sp³-hybridized carbons (Fsp3) is 0.232. The van der Waals surface area contributed by atoms with Gasteiger partial charge < -0.3 is 40.3 Å². The van der Waals surface area contributed by atoms with Crippen molar-refractivity contribution in [1.82, 2.24) is 35.2 Å². The van der Waals surface area contributed by atoms with Gasteiger partial charge in [0, 0.05) is 65.0 Å². The van der Waals surface area contributed by atoms with Crippen LogP contribution in [0.1, 0.15) is 105 Å². The van der Waals surface area contributed by atoms with E-state index in [1.807, 2.05) is 121 Å². The number of methoxy groups -OCH3 is 2. The zero-order chi connectivity index (χ0) is 73.5. The largest absolute Gasteiger partial charge is 1.00 e. The molecule has 0 amide bonds. The summed E-state index contributed by atoms with van der Waals surface area (Å²) in [5.74, 6) is 1.55. The Labute approximate surface area is 657 Å². The molecule has 0 unspecified atom stereocenters. The molecule has 3 aromatic heterocycles. The molecule has 23 heteroatoms. The molecule has 105 heavy (non-hydrogen) atoms. The normalized spacial score (nSPS) is 13.7. The van der Waals surface area contributed by atoms with Crippen molar-refractivity contribution in [3.05, 3.63) is 271 Å². The molecule has 15 rings (SSSR count). The number of piperidine rings is 3. The Morgan fingerprint density at radius 3 is 1.13 bits per heavy atom. The predicted molar refractivity (Wildman–Crippen MR) is 417 cm³/mol. The minimum Gasteiger partial charge on any atom is -0.870 e. The summed E-state index contributed by atoms with van der Waals surface area (Å²) < 4.78 is 25.7. The molecule has 0 saturated carbocycles. The van der Waals surface area contributed by atoms with Gasteiger partial charge in [-0.05, 0) is 193 Å². The first kappa shape index (κ1) is 80.3. The van der Waals surface area contributed by atoms with Gasteiger partial charge in [-0.2, -0.15) is 0 Å². The predicted octanol–water partition coefficient (Wildman–Crippen LogP) is 15.8. The number of fused-ring (bicyclic) bond motifs is 3. The van der Waals surface area contributed by atoms with E-state index in [0.717, 1.165) is 144 Å². The summed E-state index contributed by atoms with van der Waals surface area (Å²) in [5, 5.41) is 22.2. The molecule has 536 valence electrons. The molecule has 4 N–H and O–H groups in total. The molecular formula is C82H79BrCl3FN9NaO8. The van der Waals surface area contributed by atoms with Gasteiger partial charge in [0.1, 0.15) is 21.7 Å². The number of halogens is 5. The molecule has 3 fully saturated rings. The Bertz CT molecular complexity index is 4880. The molecule has 12 aromatic rings. The number of ether oxygens (including phenoxy) is 2. The van der Waals surface area contributed by atoms with Crippen LogP contribution in [0.4, 0.5) is 16.0 Å². The van der Waals surface area contributed by atoms with Crippen LogP contribution in [0.2, 0.25) is 15.1 Å². The maximum Gasteiger partial charge on any atom is 1.00 e. The number of carboxylic acid groups (broad SMARTS) is 1. The van der Waals surface area contributed by atoms with Gasteiger partial charge in [-0.1, -0.05) is 162 Å². The van der Waals surface area contributed by atoms with Gasteiger partial charge >= 0.3 is 47.5 Å². The SMILES string of the molecule is CO.COC(=O)c1ccc2nc(-c3ccccc3)c(Br)nc2c1.COC(=O)c1ccc2nc(-c3ccccc3)c(N3CCC(c4cccc(Cl)c4)CC3)nc2c1.Clc1cccc(C2CCNCC2)c1.O=C(O)c1ccc2nc(-c3ccccc3)c(N3CCC(c4cccc(Cl)c4)CC3)nc2c1.[2H]CF.[Na+].[OH-]. The standard InChI is InChI=1S/C27H24ClN3O2.C26H22ClN3O2.C16H11BrN2O2.C11H14ClN.CH3F.CH4O.Na.H2O/c1-33-27(32)21-10-11-23-24(17-21)30-26(25(29-23)19-6-3-2-4-7-19)31-14-12-18(13-15-31)20-8-5-9-22(28)16-20;27-21-8-4-7-19(15-21)17-11-13-30(14-12-17)25-24(18-5-2-1-3-6-18)28-22-10-9-20(26(31)32)16-23(22)29-25;1-21-16(20)11-7-8-12-13(9-11)19-15(17)14(18-12)10-5-3-2-4-6-10;12-11-3-1-2-10(8-11)9-4-6-13-7-5-9;2*1-2;;/h2-11,16-18H,12-15H2,1H3;1-10,15-17H,11-14H2,(H,31,32);2-9H,1H3;1-3,8-9,13H,4-7H2;1H3;2H,1H3;;1H2/q;;;;;;+1;/p-1/i;;;;1D;;;. The van der Waals surface area contributed by atoms with E-state index in [4.69, 9.17) is 70.7 Å². The first-order chi connectivity index (χ1) is 50.7. The van der Waals surface area contributed by atoms with Crippen molar-refractivity contribution >= 4 is 113 Å². The number of carbonyl (C=O) groups is 3. The number of anilines is 2. The summed E-state index contributed by atoms with van der Waals surface area (Å²) in [5.41, 5.74) is 14.6. The summed E-state index contributed by atoms with van der Waals surface area (Å²) in [7, 11) is 2.73. The zero-order valence-electron chi connectivity index (χ0n) is 59.6. The van der Waals surface area contributed by atoms with Gasteiger partial charge in [-0.3, -0.25) is 4.39 Å². The summed E-state index contributed by atoms with van der Waals surface area (Å²) in [6.45, 7) is 5.70. The van der Waals surface area contributed by atoms with Crippen LogP contribution < -0.4 is 44.7 Å². The number of benzene rings is 9. The number of carboxylic acids is 1. The average molecular weight is 1550 g/mol. The zero-order valence-corrected chi connectivity index (χ0v) is 64.4. The van der Waals surface area contributed by atoms with Crippen LogP contribution in [-0.2, 0) is 9.47 Å². The first-order valence-electron chi connectivity index (χ1n) is 34.3. The number of hydrogen-bond donors (Lipinski definition) is 3. The summed E-state index contributed by atoms with van der Waals surface area (Å²) in [6.07, 6.45) is 6.47. The molecule has 3 aliphatic heterocycles. The van der Waals surface area contributed by atoms with Crippen molar-refractivity contribution < 1.29 is 74.9 Å². The second-order valence-electron chi connectivity index (χ2n) is 24.4. The number of aromatic nitrogens is 6. The number of aromatic carboxylic acids is 1. The second-order valence-corrected chi connectivity index (χ2v) is 26.4. The molecule has 3 saturated heterocycles. The monoisotopic (exact) mass is 1540 g/mol. The van der Waals surface area contributed by atoms with Crippen molar-refractivity contribution in [2.45, 2.75) is 56.3 Å². The summed E-state index contributed by atoms with van der Waals surface area (Å²) in [6, 6.07) is 69.8. The van der Waals surface area contributed by atoms with Crippen LogP contribution in [0.15, 0.2) is 223 Å². The van der Waals surface area contributed by atoms with Crippen LogP contribution >= 0.6 is 50.7 Å². The van der Waals surface area contributed by atoms with Crippen LogP contribution in [0, 0.1) is 0 Å². The van der Waals surface area contributed by atoms with Crippen molar-refractivity contribution in [2.24, 2.45) is 0 Å². The van der Waals surface area contributed by atoms with Gasteiger partial charge in [0.05, 0.1) is 72.5 Å². The fourth-order valence-electron chi connectivity index (χ4n) is 12.8. The third kappa shape index (κ3) is 21.5. The van der Waals surface area contributed by atoms with Gasteiger partial charge in [-0.25, -0.2) is 44.3 Å². The number of esters is 2. The minimum atomic E-state index is -1.00. The van der Waals surface area contributed by atoms with E-state index in [2.05, 4.69) is 89.5 Å². The Morgan fingerprint density at radius 2 is 0.781 bits per heavy atom. The van der Waals surface area contributed by atoms with Crippen molar-refractivity contribution in [1.29, 1.82) is 0 Å². The van der Waals surface area contributed by atoms with Crippen LogP contribution in [0.25, 0.3) is 66.9 Å². The number of alkyl halides is 1. The fourth-order valence-corrected chi connectivity index (χ4v) is 13.9. The number of hydrogen-bond acceptors (Lipinski definition) is 16. The number of aliphatic hydroxyl groups is 1. The van der Waals surface area contributed by atoms with E-state index in [0.29, 0.717) is 55.6 Å². The molecule has 0 radical (unpaired) electrons. The van der Waals surface area contributed by atoms with Gasteiger partial charge in [-0.15, -0.1) is 0 Å². The Morgan fingerprint density at radius 1 is 0.457 bits per heavy atom. The summed E-state index contributed by atoms with van der Waals surface area (Å²) >= 11 is 21.8. The van der Waals surface area contributed by atoms with Crippen LogP contribution in [0.3, 0.4) is 0 Å². The second kappa shape index (κ2) is 40.6. The minimum absolute atomic E-state index is 0. The van der Waals surface area contributed by atoms with Gasteiger partial charge in [0.25, 0.3) is 0 Å². The molecule has 17 nitrogen and oxygen atoms in total. The number of carbonyl (C=O) groups excluding carboxylic acids is 2. The molecule has 0 bridgehead atoms. The molecule has 3 aliphatic rings. The molecule has 0 atom stereocenters. The molecule has 9 aromatic carbocycles. The molecule has 0 aliphatic carbocycles. The van der Waals surface area contributed by atoms with Crippen LogP contribution in [0.5, 0.6) is 0 Å². The number of nitrogens with one attached hydrogen (secondary N) is 1. The summed E-state index contributed by atoms with van der Waals surface area (Å²) in [4.78, 5) is 68.5. The van der Waals surface area contributed by atoms with Gasteiger partial charge in [0.15, 0.2) is 11.6 Å². The number of rotatable bonds is 11. The number of aliphatic hydroxyl groups excluding tert-OH is 1. The maximum absolute atomic E-state index is 12.0. The van der Waals surface area contributed by atoms with E-state index in [1.54, 1.807) is 48.5 Å². The number of nitrogens with zero attached hydrogens (tertiary/aromatic N) is 8. The van der Waals surface area contributed by atoms with Crippen molar-refractivity contribution in [3.63, 3.8) is 0 Å². The van der Waals surface area contributed by atoms with Crippen molar-refractivity contribution in [2.75, 3.05) is 77.6 Å². The molecule has 6 heterocycles. The maximum atomic E-state index is 12.0. The van der Waals surface area contributed by atoms with Gasteiger partial charge in [0.2, 0.25) is 0 Å². The third-order valence-electron chi connectivity index (χ3n) is 18.0. The molecular weight excluding hydrogens is 1470 g/mol. The Kier molecular flexibility index (Phi) is 31.0. The smallest absolute Gasteiger partial charge is 0.870 e. The van der Waals surface area contributed by atoms with Crippen LogP contribution in [-0.4, -0.2) is 131 Å². The quantitative estimate of drug-likeness (QED) is 0.0806. The Hall–Kier alpha value is -8.83. The average Bonchev–Trinajstić information content (AvgIpc) is 0.782. The Balaban J connectivity index is 0.000000181. The van der Waals surface area contributed by atoms with E-state index in [1.165, 1.54) is 43.8 Å². The van der Waals surface area contributed by atoms with E-state index in [-0.39, 0.29) is 52.5 Å². The first-order valence-corrected chi connectivity index (χ1v) is 35.5. The van der Waals surface area contributed by atoms with E-state index in [9.17, 15) is 23.9 Å². The molecule has 0 spiro atoms.